The number of nitrogen functional groups attached to an aromatic ring is 1. The van der Waals surface area contributed by atoms with Gasteiger partial charge in [-0.05, 0) is 0 Å². The Morgan fingerprint density at radius 1 is 1.40 bits per heavy atom. The largest absolute Gasteiger partial charge is 0.395 e. The topological polar surface area (TPSA) is 99.1 Å². The molecule has 1 aromatic rings. The predicted molar refractivity (Wildman–Crippen MR) is 44.9 cm³/mol. The van der Waals surface area contributed by atoms with Gasteiger partial charge in [0.25, 0.3) is 6.43 Å². The molecule has 0 fully saturated rings. The number of aromatic nitrogens is 1. The smallest absolute Gasteiger partial charge is 0.281 e. The molecule has 84 valence electrons. The van der Waals surface area contributed by atoms with Gasteiger partial charge in [0, 0.05) is 0 Å². The van der Waals surface area contributed by atoms with Gasteiger partial charge >= 0.3 is 0 Å². The summed E-state index contributed by atoms with van der Waals surface area (Å²) < 4.78 is 59.2. The number of hydrogen-bond acceptors (Lipinski definition) is 4. The molecule has 0 saturated carbocycles. The van der Waals surface area contributed by atoms with Gasteiger partial charge in [-0.15, -0.1) is 0 Å². The Balaban J connectivity index is 3.65. The number of nitrogens with two attached hydrogens (primary N) is 2. The molecule has 0 unspecified atom stereocenters. The first-order chi connectivity index (χ1) is 6.75. The summed E-state index contributed by atoms with van der Waals surface area (Å²) >= 11 is 0. The van der Waals surface area contributed by atoms with Gasteiger partial charge in [0.15, 0.2) is 5.82 Å². The molecule has 0 atom stereocenters. The van der Waals surface area contributed by atoms with Crippen LogP contribution in [0.2, 0.25) is 0 Å². The molecule has 0 bridgehead atoms. The number of hydrogen-bond donors (Lipinski definition) is 2. The van der Waals surface area contributed by atoms with Crippen molar-refractivity contribution < 1.29 is 21.6 Å². The van der Waals surface area contributed by atoms with E-state index >= 15 is 0 Å². The van der Waals surface area contributed by atoms with Crippen LogP contribution in [0.3, 0.4) is 0 Å². The lowest BCUT2D eigenvalue weighted by molar-refractivity contribution is 0.142. The van der Waals surface area contributed by atoms with Gasteiger partial charge in [-0.1, -0.05) is 0 Å². The number of anilines is 1. The number of nitrogens with zero attached hydrogens (tertiary/aromatic N) is 1. The predicted octanol–water partition coefficient (Wildman–Crippen LogP) is 0.388. The summed E-state index contributed by atoms with van der Waals surface area (Å²) in [4.78, 5) is 1.77. The lowest BCUT2D eigenvalue weighted by Crippen LogP contribution is -2.19. The van der Waals surface area contributed by atoms with E-state index in [1.165, 1.54) is 0 Å². The third-order valence-electron chi connectivity index (χ3n) is 1.54. The molecule has 0 amide bonds. The molecule has 1 aromatic heterocycles. The molecule has 1 rings (SSSR count). The minimum Gasteiger partial charge on any atom is -0.395 e. The van der Waals surface area contributed by atoms with Crippen LogP contribution >= 0.6 is 0 Å². The van der Waals surface area contributed by atoms with Crippen LogP contribution in [0.25, 0.3) is 0 Å². The fraction of sp³-hybridized carbons (Fsp3) is 0.167. The third-order valence-corrected chi connectivity index (χ3v) is 2.54. The van der Waals surface area contributed by atoms with Gasteiger partial charge in [-0.3, -0.25) is 4.98 Å². The average molecular weight is 241 g/mol. The van der Waals surface area contributed by atoms with Crippen LogP contribution in [-0.4, -0.2) is 13.4 Å². The number of halogens is 3. The third kappa shape index (κ3) is 2.18. The van der Waals surface area contributed by atoms with Crippen molar-refractivity contribution in [3.05, 3.63) is 17.7 Å². The maximum Gasteiger partial charge on any atom is 0.281 e. The second-order valence-electron chi connectivity index (χ2n) is 2.58. The molecule has 0 saturated heterocycles. The first kappa shape index (κ1) is 11.7. The highest BCUT2D eigenvalue weighted by Crippen LogP contribution is 2.29. The number of alkyl halides is 2. The van der Waals surface area contributed by atoms with E-state index in [-0.39, 0.29) is 0 Å². The number of primary sulfonamides is 1. The lowest BCUT2D eigenvalue weighted by Gasteiger charge is -2.08. The maximum absolute atomic E-state index is 12.8. The molecular formula is C6H6F3N3O2S. The van der Waals surface area contributed by atoms with Crippen molar-refractivity contribution in [1.29, 1.82) is 0 Å². The molecule has 9 heteroatoms. The van der Waals surface area contributed by atoms with Crippen molar-refractivity contribution in [2.45, 2.75) is 11.3 Å². The summed E-state index contributed by atoms with van der Waals surface area (Å²) in [6.45, 7) is 0. The van der Waals surface area contributed by atoms with Crippen molar-refractivity contribution >= 4 is 15.7 Å². The molecule has 4 N–H and O–H groups in total. The molecule has 0 aliphatic rings. The zero-order chi connectivity index (χ0) is 11.8. The second kappa shape index (κ2) is 3.66. The highest BCUT2D eigenvalue weighted by atomic mass is 32.2. The van der Waals surface area contributed by atoms with Crippen molar-refractivity contribution in [3.8, 4) is 0 Å². The monoisotopic (exact) mass is 241 g/mol. The molecule has 15 heavy (non-hydrogen) atoms. The summed E-state index contributed by atoms with van der Waals surface area (Å²) in [5.74, 6) is -1.22. The number of rotatable bonds is 2. The second-order valence-corrected chi connectivity index (χ2v) is 4.08. The number of pyridine rings is 1. The van der Waals surface area contributed by atoms with Gasteiger partial charge in [0.2, 0.25) is 10.0 Å². The van der Waals surface area contributed by atoms with Crippen LogP contribution in [0.4, 0.5) is 18.9 Å². The van der Waals surface area contributed by atoms with Crippen LogP contribution in [0.15, 0.2) is 11.1 Å². The van der Waals surface area contributed by atoms with Crippen LogP contribution in [0, 0.1) is 5.82 Å². The maximum atomic E-state index is 12.8. The SMILES string of the molecule is Nc1c(F)cnc(C(F)F)c1S(N)(=O)=O. The molecule has 1 heterocycles. The zero-order valence-corrected chi connectivity index (χ0v) is 7.93. The van der Waals surface area contributed by atoms with E-state index in [0.717, 1.165) is 0 Å². The van der Waals surface area contributed by atoms with Gasteiger partial charge in [-0.2, -0.15) is 0 Å². The van der Waals surface area contributed by atoms with Crippen LogP contribution in [0.5, 0.6) is 0 Å². The quantitative estimate of drug-likeness (QED) is 0.782. The van der Waals surface area contributed by atoms with Crippen molar-refractivity contribution in [3.63, 3.8) is 0 Å². The van der Waals surface area contributed by atoms with E-state index in [1.807, 2.05) is 0 Å². The summed E-state index contributed by atoms with van der Waals surface area (Å²) in [7, 11) is -4.54. The summed E-state index contributed by atoms with van der Waals surface area (Å²) in [5, 5.41) is 4.62. The van der Waals surface area contributed by atoms with E-state index in [4.69, 9.17) is 5.73 Å². The standard InChI is InChI=1S/C6H6F3N3O2S/c7-2-1-12-4(6(8)9)5(3(2)10)15(11,13)14/h1,6H,(H2,10,12)(H2,11,13,14). The summed E-state index contributed by atoms with van der Waals surface area (Å²) in [5.41, 5.74) is 2.89. The Morgan fingerprint density at radius 3 is 2.33 bits per heavy atom. The highest BCUT2D eigenvalue weighted by molar-refractivity contribution is 7.89. The first-order valence-electron chi connectivity index (χ1n) is 3.50. The van der Waals surface area contributed by atoms with E-state index in [9.17, 15) is 21.6 Å². The lowest BCUT2D eigenvalue weighted by atomic mass is 10.3. The minimum atomic E-state index is -4.54. The molecule has 0 spiro atoms. The summed E-state index contributed by atoms with van der Waals surface area (Å²) in [6.07, 6.45) is -2.80. The van der Waals surface area contributed by atoms with Gasteiger partial charge in [0.1, 0.15) is 10.6 Å². The Labute approximate surface area is 83.0 Å². The first-order valence-corrected chi connectivity index (χ1v) is 5.04. The fourth-order valence-electron chi connectivity index (χ4n) is 0.955. The molecule has 0 aliphatic heterocycles. The van der Waals surface area contributed by atoms with Crippen LogP contribution in [0.1, 0.15) is 12.1 Å². The van der Waals surface area contributed by atoms with Gasteiger partial charge < -0.3 is 5.73 Å². The molecule has 5 nitrogen and oxygen atoms in total. The summed E-state index contributed by atoms with van der Waals surface area (Å²) in [6, 6.07) is 0. The van der Waals surface area contributed by atoms with E-state index in [0.29, 0.717) is 6.20 Å². The molecule has 0 aromatic carbocycles. The normalized spacial score (nSPS) is 12.1. The van der Waals surface area contributed by atoms with Crippen molar-refractivity contribution in [2.75, 3.05) is 5.73 Å². The van der Waals surface area contributed by atoms with E-state index in [1.54, 1.807) is 0 Å². The Kier molecular flexibility index (Phi) is 2.86. The van der Waals surface area contributed by atoms with Crippen molar-refractivity contribution in [2.24, 2.45) is 5.14 Å². The Bertz CT molecular complexity index is 489. The number of sulfonamides is 1. The van der Waals surface area contributed by atoms with Crippen LogP contribution < -0.4 is 10.9 Å². The van der Waals surface area contributed by atoms with E-state index < -0.39 is 38.5 Å². The highest BCUT2D eigenvalue weighted by Gasteiger charge is 2.27. The minimum absolute atomic E-state index is 0.408. The fourth-order valence-corrected chi connectivity index (χ4v) is 1.79. The van der Waals surface area contributed by atoms with Gasteiger partial charge in [-0.25, -0.2) is 26.7 Å². The van der Waals surface area contributed by atoms with Crippen molar-refractivity contribution in [1.82, 2.24) is 4.98 Å². The van der Waals surface area contributed by atoms with Gasteiger partial charge in [0.05, 0.1) is 11.9 Å². The molecular weight excluding hydrogens is 235 g/mol. The van der Waals surface area contributed by atoms with E-state index in [2.05, 4.69) is 10.1 Å². The zero-order valence-electron chi connectivity index (χ0n) is 7.12. The Hall–Kier alpha value is -1.35. The molecule has 0 aliphatic carbocycles. The average Bonchev–Trinajstić information content (AvgIpc) is 2.06. The van der Waals surface area contributed by atoms with Crippen LogP contribution in [-0.2, 0) is 10.0 Å². The Morgan fingerprint density at radius 2 is 1.93 bits per heavy atom. The molecule has 0 radical (unpaired) electrons.